The highest BCUT2D eigenvalue weighted by Crippen LogP contribution is 2.20. The van der Waals surface area contributed by atoms with E-state index < -0.39 is 0 Å². The molecule has 3 rings (SSSR count). The smallest absolute Gasteiger partial charge is 0.187 e. The van der Waals surface area contributed by atoms with Crippen LogP contribution in [-0.2, 0) is 11.3 Å². The standard InChI is InChI=1S/C21H32N4O2S/c1-16(23-24-21(28)22-19-6-4-3-5-7-19)17-8-9-20(26-2)18(14-17)15-25-10-12-27-13-11-25/h8-9,14,19H,3-7,10-13,15H2,1-2H3,(H2,22,24,28)/p+1/b23-16-. The Morgan fingerprint density at radius 3 is 2.71 bits per heavy atom. The van der Waals surface area contributed by atoms with Crippen LogP contribution in [0.5, 0.6) is 5.75 Å². The number of quaternary nitrogens is 1. The summed E-state index contributed by atoms with van der Waals surface area (Å²) in [6.07, 6.45) is 6.28. The van der Waals surface area contributed by atoms with Gasteiger partial charge in [-0.2, -0.15) is 5.10 Å². The van der Waals surface area contributed by atoms with E-state index in [9.17, 15) is 0 Å². The fourth-order valence-corrected chi connectivity index (χ4v) is 4.12. The lowest BCUT2D eigenvalue weighted by Gasteiger charge is -2.24. The van der Waals surface area contributed by atoms with E-state index in [1.807, 2.05) is 13.0 Å². The van der Waals surface area contributed by atoms with Crippen molar-refractivity contribution >= 4 is 23.0 Å². The lowest BCUT2D eigenvalue weighted by atomic mass is 9.96. The number of nitrogens with zero attached hydrogens (tertiary/aromatic N) is 1. The molecule has 1 saturated carbocycles. The Hall–Kier alpha value is -1.70. The molecule has 154 valence electrons. The van der Waals surface area contributed by atoms with Gasteiger partial charge in [0.2, 0.25) is 0 Å². The summed E-state index contributed by atoms with van der Waals surface area (Å²) in [6, 6.07) is 6.74. The molecule has 2 aliphatic rings. The van der Waals surface area contributed by atoms with E-state index in [-0.39, 0.29) is 0 Å². The van der Waals surface area contributed by atoms with Crippen molar-refractivity contribution in [2.45, 2.75) is 51.6 Å². The molecule has 2 fully saturated rings. The highest BCUT2D eigenvalue weighted by Gasteiger charge is 2.18. The number of methoxy groups -OCH3 is 1. The number of benzene rings is 1. The zero-order chi connectivity index (χ0) is 19.8. The molecule has 1 saturated heterocycles. The molecule has 1 aliphatic carbocycles. The van der Waals surface area contributed by atoms with Crippen molar-refractivity contribution in [1.29, 1.82) is 0 Å². The zero-order valence-electron chi connectivity index (χ0n) is 17.1. The predicted octanol–water partition coefficient (Wildman–Crippen LogP) is 1.63. The summed E-state index contributed by atoms with van der Waals surface area (Å²) in [5.74, 6) is 0.929. The minimum Gasteiger partial charge on any atom is -0.496 e. The van der Waals surface area contributed by atoms with E-state index in [1.54, 1.807) is 7.11 Å². The van der Waals surface area contributed by atoms with Crippen LogP contribution < -0.4 is 20.4 Å². The van der Waals surface area contributed by atoms with Crippen LogP contribution in [0.25, 0.3) is 0 Å². The zero-order valence-corrected chi connectivity index (χ0v) is 17.9. The normalized spacial score (nSPS) is 19.3. The molecule has 0 amide bonds. The second-order valence-corrected chi connectivity index (χ2v) is 8.09. The molecule has 1 heterocycles. The number of hydrazone groups is 1. The Labute approximate surface area is 173 Å². The number of hydrogen-bond acceptors (Lipinski definition) is 4. The highest BCUT2D eigenvalue weighted by atomic mass is 32.1. The van der Waals surface area contributed by atoms with E-state index >= 15 is 0 Å². The van der Waals surface area contributed by atoms with E-state index in [2.05, 4.69) is 28.0 Å². The van der Waals surface area contributed by atoms with Gasteiger partial charge in [-0.3, -0.25) is 5.43 Å². The molecule has 7 heteroatoms. The van der Waals surface area contributed by atoms with Crippen LogP contribution in [0.3, 0.4) is 0 Å². The Kier molecular flexibility index (Phi) is 8.06. The summed E-state index contributed by atoms with van der Waals surface area (Å²) in [6.45, 7) is 6.65. The van der Waals surface area contributed by atoms with Crippen LogP contribution in [0.2, 0.25) is 0 Å². The molecule has 1 aromatic carbocycles. The second kappa shape index (κ2) is 10.7. The Bertz CT molecular complexity index is 683. The fourth-order valence-electron chi connectivity index (χ4n) is 3.91. The average molecular weight is 406 g/mol. The third kappa shape index (κ3) is 6.15. The van der Waals surface area contributed by atoms with Crippen LogP contribution in [-0.4, -0.2) is 50.3 Å². The third-order valence-electron chi connectivity index (χ3n) is 5.60. The first-order valence-corrected chi connectivity index (χ1v) is 10.8. The first kappa shape index (κ1) is 21.0. The maximum Gasteiger partial charge on any atom is 0.187 e. The number of morpholine rings is 1. The molecule has 0 spiro atoms. The van der Waals surface area contributed by atoms with Crippen LogP contribution >= 0.6 is 12.2 Å². The number of ether oxygens (including phenoxy) is 2. The Morgan fingerprint density at radius 1 is 1.25 bits per heavy atom. The van der Waals surface area contributed by atoms with Crippen LogP contribution in [0.15, 0.2) is 23.3 Å². The molecule has 6 nitrogen and oxygen atoms in total. The van der Waals surface area contributed by atoms with Crippen molar-refractivity contribution in [3.05, 3.63) is 29.3 Å². The largest absolute Gasteiger partial charge is 0.496 e. The average Bonchev–Trinajstić information content (AvgIpc) is 2.73. The first-order valence-electron chi connectivity index (χ1n) is 10.3. The van der Waals surface area contributed by atoms with Crippen LogP contribution in [0, 0.1) is 0 Å². The van der Waals surface area contributed by atoms with Gasteiger partial charge in [0.1, 0.15) is 25.4 Å². The van der Waals surface area contributed by atoms with Crippen molar-refractivity contribution in [2.24, 2.45) is 5.10 Å². The monoisotopic (exact) mass is 405 g/mol. The summed E-state index contributed by atoms with van der Waals surface area (Å²) in [5, 5.41) is 8.50. The van der Waals surface area contributed by atoms with Crippen LogP contribution in [0.4, 0.5) is 0 Å². The quantitative estimate of drug-likeness (QED) is 0.382. The summed E-state index contributed by atoms with van der Waals surface area (Å²) < 4.78 is 11.0. The van der Waals surface area contributed by atoms with Gasteiger partial charge in [0.05, 0.1) is 26.0 Å². The van der Waals surface area contributed by atoms with Gasteiger partial charge in [-0.25, -0.2) is 0 Å². The summed E-state index contributed by atoms with van der Waals surface area (Å²) in [4.78, 5) is 1.52. The van der Waals surface area contributed by atoms with Gasteiger partial charge in [-0.15, -0.1) is 0 Å². The van der Waals surface area contributed by atoms with E-state index in [0.29, 0.717) is 11.2 Å². The molecule has 28 heavy (non-hydrogen) atoms. The minimum absolute atomic E-state index is 0.480. The topological polar surface area (TPSA) is 59.3 Å². The van der Waals surface area contributed by atoms with Gasteiger partial charge >= 0.3 is 0 Å². The molecule has 1 aromatic rings. The predicted molar refractivity (Wildman–Crippen MR) is 116 cm³/mol. The van der Waals surface area contributed by atoms with Gasteiger partial charge < -0.3 is 19.7 Å². The maximum atomic E-state index is 5.57. The van der Waals surface area contributed by atoms with Crippen LogP contribution in [0.1, 0.15) is 50.2 Å². The molecule has 1 aliphatic heterocycles. The number of hydrogen-bond donors (Lipinski definition) is 3. The maximum absolute atomic E-state index is 5.57. The van der Waals surface area contributed by atoms with Crippen molar-refractivity contribution < 1.29 is 14.4 Å². The molecule has 0 atom stereocenters. The number of thiocarbonyl (C=S) groups is 1. The highest BCUT2D eigenvalue weighted by molar-refractivity contribution is 7.80. The Morgan fingerprint density at radius 2 is 2.00 bits per heavy atom. The van der Waals surface area contributed by atoms with Crippen molar-refractivity contribution in [3.63, 3.8) is 0 Å². The fraction of sp³-hybridized carbons (Fsp3) is 0.619. The molecule has 0 aromatic heterocycles. The van der Waals surface area contributed by atoms with E-state index in [4.69, 9.17) is 21.7 Å². The minimum atomic E-state index is 0.480. The summed E-state index contributed by atoms with van der Waals surface area (Å²) in [7, 11) is 1.73. The first-order chi connectivity index (χ1) is 13.7. The SMILES string of the molecule is COc1ccc(/C(C)=N\NC(=S)NC2CCCCC2)cc1C[NH+]1CCOCC1. The Balaban J connectivity index is 1.61. The van der Waals surface area contributed by atoms with Gasteiger partial charge in [-0.05, 0) is 55.7 Å². The van der Waals surface area contributed by atoms with E-state index in [1.165, 1.54) is 42.6 Å². The summed E-state index contributed by atoms with van der Waals surface area (Å²) in [5.41, 5.74) is 6.21. The molecule has 0 radical (unpaired) electrons. The van der Waals surface area contributed by atoms with Crippen molar-refractivity contribution in [1.82, 2.24) is 10.7 Å². The van der Waals surface area contributed by atoms with Crippen molar-refractivity contribution in [3.8, 4) is 5.75 Å². The van der Waals surface area contributed by atoms with Crippen molar-refractivity contribution in [2.75, 3.05) is 33.4 Å². The third-order valence-corrected chi connectivity index (χ3v) is 5.81. The van der Waals surface area contributed by atoms with Gasteiger partial charge in [0.15, 0.2) is 5.11 Å². The second-order valence-electron chi connectivity index (χ2n) is 7.68. The number of nitrogens with one attached hydrogen (secondary N) is 3. The van der Waals surface area contributed by atoms with Gasteiger partial charge in [0.25, 0.3) is 0 Å². The lowest BCUT2D eigenvalue weighted by molar-refractivity contribution is -0.921. The lowest BCUT2D eigenvalue weighted by Crippen LogP contribution is -3.12. The molecule has 0 bridgehead atoms. The molecule has 3 N–H and O–H groups in total. The molecule has 0 unspecified atom stereocenters. The van der Waals surface area contributed by atoms with E-state index in [0.717, 1.165) is 49.9 Å². The number of rotatable bonds is 6. The van der Waals surface area contributed by atoms with Gasteiger partial charge in [-0.1, -0.05) is 19.3 Å². The molecular formula is C21H33N4O2S+. The summed E-state index contributed by atoms with van der Waals surface area (Å²) >= 11 is 5.41. The molecular weight excluding hydrogens is 372 g/mol. The van der Waals surface area contributed by atoms with Gasteiger partial charge in [0, 0.05) is 11.6 Å².